The van der Waals surface area contributed by atoms with Gasteiger partial charge in [-0.25, -0.2) is 0 Å². The number of rotatable bonds is 7. The van der Waals surface area contributed by atoms with Crippen molar-refractivity contribution in [2.75, 3.05) is 6.61 Å². The molecule has 1 aliphatic rings. The molecule has 0 aliphatic heterocycles. The van der Waals surface area contributed by atoms with Gasteiger partial charge in [-0.3, -0.25) is 4.79 Å². The van der Waals surface area contributed by atoms with Gasteiger partial charge in [-0.05, 0) is 25.2 Å². The fraction of sp³-hybridized carbons (Fsp3) is 0.933. The van der Waals surface area contributed by atoms with E-state index in [1.807, 2.05) is 6.92 Å². The summed E-state index contributed by atoms with van der Waals surface area (Å²) in [6.07, 6.45) is 11.2. The molecule has 2 nitrogen and oxygen atoms in total. The van der Waals surface area contributed by atoms with E-state index in [0.717, 1.165) is 18.3 Å². The minimum absolute atomic E-state index is 0.0133. The Labute approximate surface area is 106 Å². The first-order valence-corrected chi connectivity index (χ1v) is 7.41. The summed E-state index contributed by atoms with van der Waals surface area (Å²) in [5, 5.41) is 0. The SMILES string of the molecule is CCCCC1CCC(CCC(=O)OCC)CC1. The molecule has 1 rings (SSSR count). The van der Waals surface area contributed by atoms with Crippen LogP contribution in [0.2, 0.25) is 0 Å². The first kappa shape index (κ1) is 14.5. The first-order chi connectivity index (χ1) is 8.26. The predicted octanol–water partition coefficient (Wildman–Crippen LogP) is 4.33. The van der Waals surface area contributed by atoms with Gasteiger partial charge < -0.3 is 4.74 Å². The number of carbonyl (C=O) groups is 1. The standard InChI is InChI=1S/C15H28O2/c1-3-5-6-13-7-9-14(10-8-13)11-12-15(16)17-4-2/h13-14H,3-12H2,1-2H3. The third-order valence-electron chi connectivity index (χ3n) is 3.99. The lowest BCUT2D eigenvalue weighted by molar-refractivity contribution is -0.143. The quantitative estimate of drug-likeness (QED) is 0.619. The highest BCUT2D eigenvalue weighted by atomic mass is 16.5. The van der Waals surface area contributed by atoms with Crippen LogP contribution < -0.4 is 0 Å². The van der Waals surface area contributed by atoms with E-state index >= 15 is 0 Å². The molecule has 0 spiro atoms. The van der Waals surface area contributed by atoms with E-state index in [-0.39, 0.29) is 5.97 Å². The lowest BCUT2D eigenvalue weighted by Crippen LogP contribution is -2.16. The van der Waals surface area contributed by atoms with Crippen LogP contribution >= 0.6 is 0 Å². The van der Waals surface area contributed by atoms with Crippen molar-refractivity contribution in [3.8, 4) is 0 Å². The summed E-state index contributed by atoms with van der Waals surface area (Å²) in [4.78, 5) is 11.3. The van der Waals surface area contributed by atoms with E-state index in [1.165, 1.54) is 44.9 Å². The molecule has 1 aliphatic carbocycles. The lowest BCUT2D eigenvalue weighted by atomic mass is 9.78. The van der Waals surface area contributed by atoms with Gasteiger partial charge in [0.2, 0.25) is 0 Å². The Morgan fingerprint density at radius 3 is 2.18 bits per heavy atom. The van der Waals surface area contributed by atoms with Crippen molar-refractivity contribution < 1.29 is 9.53 Å². The normalized spacial score (nSPS) is 24.6. The zero-order chi connectivity index (χ0) is 12.5. The van der Waals surface area contributed by atoms with E-state index in [0.29, 0.717) is 13.0 Å². The molecular formula is C15H28O2. The van der Waals surface area contributed by atoms with Gasteiger partial charge in [0.15, 0.2) is 0 Å². The molecule has 0 aromatic rings. The van der Waals surface area contributed by atoms with Crippen LogP contribution in [0.3, 0.4) is 0 Å². The fourth-order valence-corrected chi connectivity index (χ4v) is 2.86. The van der Waals surface area contributed by atoms with E-state index in [4.69, 9.17) is 4.74 Å². The molecule has 0 heterocycles. The monoisotopic (exact) mass is 240 g/mol. The van der Waals surface area contributed by atoms with Crippen LogP contribution in [0.5, 0.6) is 0 Å². The number of hydrogen-bond donors (Lipinski definition) is 0. The second-order valence-electron chi connectivity index (χ2n) is 5.37. The van der Waals surface area contributed by atoms with Crippen LogP contribution in [-0.4, -0.2) is 12.6 Å². The van der Waals surface area contributed by atoms with Crippen LogP contribution in [0.25, 0.3) is 0 Å². The molecule has 0 saturated heterocycles. The number of unbranched alkanes of at least 4 members (excludes halogenated alkanes) is 1. The first-order valence-electron chi connectivity index (χ1n) is 7.41. The summed E-state index contributed by atoms with van der Waals surface area (Å²) in [7, 11) is 0. The van der Waals surface area contributed by atoms with Gasteiger partial charge in [-0.1, -0.05) is 51.9 Å². The Bertz CT molecular complexity index is 205. The van der Waals surface area contributed by atoms with Gasteiger partial charge in [0.1, 0.15) is 0 Å². The molecule has 17 heavy (non-hydrogen) atoms. The molecule has 0 aromatic carbocycles. The van der Waals surface area contributed by atoms with Gasteiger partial charge in [0.05, 0.1) is 6.61 Å². The van der Waals surface area contributed by atoms with Gasteiger partial charge in [-0.15, -0.1) is 0 Å². The average molecular weight is 240 g/mol. The number of carbonyl (C=O) groups excluding carboxylic acids is 1. The molecular weight excluding hydrogens is 212 g/mol. The Morgan fingerprint density at radius 2 is 1.65 bits per heavy atom. The molecule has 1 fully saturated rings. The second kappa shape index (κ2) is 8.54. The van der Waals surface area contributed by atoms with Crippen LogP contribution in [-0.2, 0) is 9.53 Å². The highest BCUT2D eigenvalue weighted by Gasteiger charge is 2.21. The lowest BCUT2D eigenvalue weighted by Gasteiger charge is -2.28. The average Bonchev–Trinajstić information content (AvgIpc) is 2.35. The summed E-state index contributed by atoms with van der Waals surface area (Å²) in [6, 6.07) is 0. The van der Waals surface area contributed by atoms with Gasteiger partial charge >= 0.3 is 5.97 Å². The predicted molar refractivity (Wildman–Crippen MR) is 70.8 cm³/mol. The Kier molecular flexibility index (Phi) is 7.30. The molecule has 0 bridgehead atoms. The van der Waals surface area contributed by atoms with Crippen molar-refractivity contribution in [2.45, 2.75) is 71.6 Å². The van der Waals surface area contributed by atoms with Crippen LogP contribution in [0.15, 0.2) is 0 Å². The highest BCUT2D eigenvalue weighted by molar-refractivity contribution is 5.69. The molecule has 0 unspecified atom stereocenters. The minimum atomic E-state index is -0.0133. The molecule has 0 radical (unpaired) electrons. The van der Waals surface area contributed by atoms with Crippen LogP contribution in [0.4, 0.5) is 0 Å². The maximum atomic E-state index is 11.3. The van der Waals surface area contributed by atoms with E-state index < -0.39 is 0 Å². The second-order valence-corrected chi connectivity index (χ2v) is 5.37. The molecule has 0 aromatic heterocycles. The molecule has 2 heteroatoms. The largest absolute Gasteiger partial charge is 0.466 e. The molecule has 100 valence electrons. The zero-order valence-electron chi connectivity index (χ0n) is 11.5. The van der Waals surface area contributed by atoms with E-state index in [2.05, 4.69) is 6.92 Å². The van der Waals surface area contributed by atoms with Gasteiger partial charge in [0.25, 0.3) is 0 Å². The highest BCUT2D eigenvalue weighted by Crippen LogP contribution is 2.34. The smallest absolute Gasteiger partial charge is 0.305 e. The Morgan fingerprint density at radius 1 is 1.06 bits per heavy atom. The van der Waals surface area contributed by atoms with Crippen molar-refractivity contribution in [1.82, 2.24) is 0 Å². The van der Waals surface area contributed by atoms with Crippen molar-refractivity contribution >= 4 is 5.97 Å². The van der Waals surface area contributed by atoms with E-state index in [9.17, 15) is 4.79 Å². The zero-order valence-corrected chi connectivity index (χ0v) is 11.5. The van der Waals surface area contributed by atoms with Crippen molar-refractivity contribution in [3.63, 3.8) is 0 Å². The number of esters is 1. The summed E-state index contributed by atoms with van der Waals surface area (Å²) in [5.41, 5.74) is 0. The number of ether oxygens (including phenoxy) is 1. The fourth-order valence-electron chi connectivity index (χ4n) is 2.86. The molecule has 0 N–H and O–H groups in total. The topological polar surface area (TPSA) is 26.3 Å². The molecule has 1 saturated carbocycles. The third kappa shape index (κ3) is 6.09. The third-order valence-corrected chi connectivity index (χ3v) is 3.99. The maximum absolute atomic E-state index is 11.3. The van der Waals surface area contributed by atoms with Crippen LogP contribution in [0, 0.1) is 11.8 Å². The summed E-state index contributed by atoms with van der Waals surface area (Å²) in [5.74, 6) is 1.73. The van der Waals surface area contributed by atoms with E-state index in [1.54, 1.807) is 0 Å². The maximum Gasteiger partial charge on any atom is 0.305 e. The minimum Gasteiger partial charge on any atom is -0.466 e. The Balaban J connectivity index is 2.08. The molecule has 0 amide bonds. The summed E-state index contributed by atoms with van der Waals surface area (Å²) in [6.45, 7) is 4.66. The Hall–Kier alpha value is -0.530. The van der Waals surface area contributed by atoms with Crippen LogP contribution in [0.1, 0.15) is 71.6 Å². The van der Waals surface area contributed by atoms with Gasteiger partial charge in [0, 0.05) is 6.42 Å². The van der Waals surface area contributed by atoms with Crippen molar-refractivity contribution in [1.29, 1.82) is 0 Å². The van der Waals surface area contributed by atoms with Gasteiger partial charge in [-0.2, -0.15) is 0 Å². The van der Waals surface area contributed by atoms with Crippen molar-refractivity contribution in [3.05, 3.63) is 0 Å². The summed E-state index contributed by atoms with van der Waals surface area (Å²) >= 11 is 0. The molecule has 0 atom stereocenters. The van der Waals surface area contributed by atoms with Crippen molar-refractivity contribution in [2.24, 2.45) is 11.8 Å². The summed E-state index contributed by atoms with van der Waals surface area (Å²) < 4.78 is 4.97. The number of hydrogen-bond acceptors (Lipinski definition) is 2.